The van der Waals surface area contributed by atoms with Crippen molar-refractivity contribution in [2.75, 3.05) is 12.3 Å². The number of hydrogen-bond donors (Lipinski definition) is 1. The van der Waals surface area contributed by atoms with Crippen molar-refractivity contribution in [1.82, 2.24) is 5.32 Å². The SMILES string of the molecule is O=C(Cc1coc2ccc3ccccc3c12)NCCSc1ccc(Br)cc1. The number of fused-ring (bicyclic) bond motifs is 3. The molecule has 1 heterocycles. The van der Waals surface area contributed by atoms with Crippen LogP contribution in [-0.4, -0.2) is 18.2 Å². The predicted octanol–water partition coefficient (Wildman–Crippen LogP) is 5.80. The zero-order chi connectivity index (χ0) is 18.6. The number of carbonyl (C=O) groups is 1. The molecule has 0 unspecified atom stereocenters. The van der Waals surface area contributed by atoms with Gasteiger partial charge in [-0.1, -0.05) is 46.3 Å². The highest BCUT2D eigenvalue weighted by Crippen LogP contribution is 2.30. The summed E-state index contributed by atoms with van der Waals surface area (Å²) in [6.07, 6.45) is 2.03. The van der Waals surface area contributed by atoms with Crippen molar-refractivity contribution in [2.45, 2.75) is 11.3 Å². The van der Waals surface area contributed by atoms with Gasteiger partial charge in [0.2, 0.25) is 5.91 Å². The topological polar surface area (TPSA) is 42.2 Å². The average molecular weight is 440 g/mol. The molecule has 3 aromatic carbocycles. The number of benzene rings is 3. The lowest BCUT2D eigenvalue weighted by Gasteiger charge is -2.06. The maximum absolute atomic E-state index is 12.4. The second-order valence-corrected chi connectivity index (χ2v) is 8.33. The second-order valence-electron chi connectivity index (χ2n) is 6.25. The van der Waals surface area contributed by atoms with E-state index in [4.69, 9.17) is 4.42 Å². The van der Waals surface area contributed by atoms with Crippen LogP contribution in [0.2, 0.25) is 0 Å². The van der Waals surface area contributed by atoms with Crippen molar-refractivity contribution in [3.05, 3.63) is 77.0 Å². The molecule has 0 bridgehead atoms. The number of furan rings is 1. The van der Waals surface area contributed by atoms with Crippen LogP contribution in [0.3, 0.4) is 0 Å². The van der Waals surface area contributed by atoms with Crippen molar-refractivity contribution in [3.63, 3.8) is 0 Å². The Bertz CT molecular complexity index is 1090. The van der Waals surface area contributed by atoms with Crippen LogP contribution in [0.5, 0.6) is 0 Å². The van der Waals surface area contributed by atoms with Crippen LogP contribution in [0.15, 0.2) is 80.7 Å². The minimum atomic E-state index is 0.0158. The first-order chi connectivity index (χ1) is 13.2. The molecule has 0 aliphatic carbocycles. The summed E-state index contributed by atoms with van der Waals surface area (Å²) in [5.74, 6) is 0.852. The van der Waals surface area contributed by atoms with E-state index in [0.717, 1.165) is 37.5 Å². The summed E-state index contributed by atoms with van der Waals surface area (Å²) in [5, 5.41) is 6.31. The van der Waals surface area contributed by atoms with Crippen LogP contribution in [0.25, 0.3) is 21.7 Å². The molecule has 1 N–H and O–H groups in total. The Balaban J connectivity index is 1.38. The largest absolute Gasteiger partial charge is 0.464 e. The van der Waals surface area contributed by atoms with Crippen molar-refractivity contribution in [3.8, 4) is 0 Å². The summed E-state index contributed by atoms with van der Waals surface area (Å²) in [6, 6.07) is 20.4. The molecule has 1 amide bonds. The van der Waals surface area contributed by atoms with Gasteiger partial charge in [-0.15, -0.1) is 11.8 Å². The molecule has 0 saturated carbocycles. The Hall–Kier alpha value is -2.24. The quantitative estimate of drug-likeness (QED) is 0.304. The number of hydrogen-bond acceptors (Lipinski definition) is 3. The van der Waals surface area contributed by atoms with Crippen molar-refractivity contribution < 1.29 is 9.21 Å². The van der Waals surface area contributed by atoms with E-state index < -0.39 is 0 Å². The normalized spacial score (nSPS) is 11.1. The van der Waals surface area contributed by atoms with E-state index >= 15 is 0 Å². The molecule has 4 rings (SSSR count). The summed E-state index contributed by atoms with van der Waals surface area (Å²) < 4.78 is 6.73. The van der Waals surface area contributed by atoms with Crippen LogP contribution in [0.4, 0.5) is 0 Å². The van der Waals surface area contributed by atoms with Gasteiger partial charge in [0, 0.05) is 32.6 Å². The van der Waals surface area contributed by atoms with Crippen molar-refractivity contribution >= 4 is 55.3 Å². The van der Waals surface area contributed by atoms with Gasteiger partial charge in [-0.25, -0.2) is 0 Å². The molecule has 0 spiro atoms. The number of nitrogens with one attached hydrogen (secondary N) is 1. The van der Waals surface area contributed by atoms with E-state index in [9.17, 15) is 4.79 Å². The van der Waals surface area contributed by atoms with Crippen LogP contribution in [0.1, 0.15) is 5.56 Å². The Kier molecular flexibility index (Phi) is 5.50. The maximum atomic E-state index is 12.4. The molecule has 4 aromatic rings. The van der Waals surface area contributed by atoms with Gasteiger partial charge >= 0.3 is 0 Å². The van der Waals surface area contributed by atoms with Gasteiger partial charge in [0.05, 0.1) is 12.7 Å². The van der Waals surface area contributed by atoms with Crippen molar-refractivity contribution in [2.24, 2.45) is 0 Å². The highest BCUT2D eigenvalue weighted by Gasteiger charge is 2.13. The highest BCUT2D eigenvalue weighted by atomic mass is 79.9. The second kappa shape index (κ2) is 8.19. The lowest BCUT2D eigenvalue weighted by Crippen LogP contribution is -2.27. The molecule has 0 saturated heterocycles. The molecule has 0 aliphatic rings. The van der Waals surface area contributed by atoms with E-state index in [1.807, 2.05) is 36.4 Å². The third-order valence-corrected chi connectivity index (χ3v) is 5.94. The highest BCUT2D eigenvalue weighted by molar-refractivity contribution is 9.10. The third-order valence-electron chi connectivity index (χ3n) is 4.40. The van der Waals surface area contributed by atoms with Crippen LogP contribution in [0, 0.1) is 0 Å². The summed E-state index contributed by atoms with van der Waals surface area (Å²) in [5.41, 5.74) is 1.75. The minimum absolute atomic E-state index is 0.0158. The maximum Gasteiger partial charge on any atom is 0.224 e. The van der Waals surface area contributed by atoms with Crippen LogP contribution >= 0.6 is 27.7 Å². The number of rotatable bonds is 6. The summed E-state index contributed by atoms with van der Waals surface area (Å²) >= 11 is 5.16. The summed E-state index contributed by atoms with van der Waals surface area (Å²) in [6.45, 7) is 0.635. The first-order valence-electron chi connectivity index (χ1n) is 8.73. The number of thioether (sulfide) groups is 1. The van der Waals surface area contributed by atoms with E-state index in [-0.39, 0.29) is 5.91 Å². The molecule has 3 nitrogen and oxygen atoms in total. The molecule has 0 atom stereocenters. The minimum Gasteiger partial charge on any atom is -0.464 e. The lowest BCUT2D eigenvalue weighted by molar-refractivity contribution is -0.120. The lowest BCUT2D eigenvalue weighted by atomic mass is 10.0. The van der Waals surface area contributed by atoms with Crippen molar-refractivity contribution in [1.29, 1.82) is 0 Å². The Morgan fingerprint density at radius 3 is 2.70 bits per heavy atom. The Morgan fingerprint density at radius 1 is 1.04 bits per heavy atom. The number of halogens is 1. The van der Waals surface area contributed by atoms with E-state index in [0.29, 0.717) is 13.0 Å². The van der Waals surface area contributed by atoms with Gasteiger partial charge < -0.3 is 9.73 Å². The molecular weight excluding hydrogens is 422 g/mol. The molecule has 1 aromatic heterocycles. The number of carbonyl (C=O) groups excluding carboxylic acids is 1. The smallest absolute Gasteiger partial charge is 0.224 e. The number of amides is 1. The summed E-state index contributed by atoms with van der Waals surface area (Å²) in [4.78, 5) is 13.6. The van der Waals surface area contributed by atoms with E-state index in [2.05, 4.69) is 45.5 Å². The third kappa shape index (κ3) is 4.20. The zero-order valence-corrected chi connectivity index (χ0v) is 17.0. The van der Waals surface area contributed by atoms with E-state index in [1.165, 1.54) is 4.90 Å². The summed E-state index contributed by atoms with van der Waals surface area (Å²) in [7, 11) is 0. The van der Waals surface area contributed by atoms with Gasteiger partial charge in [-0.05, 0) is 41.1 Å². The molecule has 0 aliphatic heterocycles. The predicted molar refractivity (Wildman–Crippen MR) is 115 cm³/mol. The van der Waals surface area contributed by atoms with Gasteiger partial charge in [-0.2, -0.15) is 0 Å². The first-order valence-corrected chi connectivity index (χ1v) is 10.5. The molecule has 0 radical (unpaired) electrons. The zero-order valence-electron chi connectivity index (χ0n) is 14.6. The average Bonchev–Trinajstić information content (AvgIpc) is 3.10. The fourth-order valence-electron chi connectivity index (χ4n) is 3.13. The van der Waals surface area contributed by atoms with Gasteiger partial charge in [0.1, 0.15) is 5.58 Å². The fraction of sp³-hybridized carbons (Fsp3) is 0.136. The van der Waals surface area contributed by atoms with Gasteiger partial charge in [-0.3, -0.25) is 4.79 Å². The first kappa shape index (κ1) is 18.1. The van der Waals surface area contributed by atoms with Crippen LogP contribution in [-0.2, 0) is 11.2 Å². The fourth-order valence-corrected chi connectivity index (χ4v) is 4.16. The Labute approximate surface area is 170 Å². The molecule has 27 heavy (non-hydrogen) atoms. The monoisotopic (exact) mass is 439 g/mol. The molecular formula is C22H18BrNO2S. The standard InChI is InChI=1S/C22H18BrNO2S/c23-17-6-8-18(9-7-17)27-12-11-24-21(25)13-16-14-26-20-10-5-15-3-1-2-4-19(15)22(16)20/h1-10,14H,11-13H2,(H,24,25). The molecule has 136 valence electrons. The Morgan fingerprint density at radius 2 is 1.85 bits per heavy atom. The van der Waals surface area contributed by atoms with Crippen LogP contribution < -0.4 is 5.32 Å². The molecule has 0 fully saturated rings. The van der Waals surface area contributed by atoms with Gasteiger partial charge in [0.15, 0.2) is 0 Å². The van der Waals surface area contributed by atoms with Gasteiger partial charge in [0.25, 0.3) is 0 Å². The molecule has 5 heteroatoms. The van der Waals surface area contributed by atoms with E-state index in [1.54, 1.807) is 18.0 Å².